The van der Waals surface area contributed by atoms with Gasteiger partial charge < -0.3 is 14.2 Å². The highest BCUT2D eigenvalue weighted by Crippen LogP contribution is 2.24. The summed E-state index contributed by atoms with van der Waals surface area (Å²) in [7, 11) is 0. The van der Waals surface area contributed by atoms with Gasteiger partial charge in [0.1, 0.15) is 6.10 Å². The third-order valence-corrected chi connectivity index (χ3v) is 6.39. The van der Waals surface area contributed by atoms with Crippen LogP contribution in [0, 0.1) is 23.7 Å². The summed E-state index contributed by atoms with van der Waals surface area (Å²) < 4.78 is 17.2. The summed E-state index contributed by atoms with van der Waals surface area (Å²) in [5.41, 5.74) is 0. The van der Waals surface area contributed by atoms with E-state index in [1.807, 2.05) is 13.8 Å². The first kappa shape index (κ1) is 26.9. The number of hydrogen-bond donors (Lipinski definition) is 0. The molecule has 1 aliphatic heterocycles. The Morgan fingerprint density at radius 2 is 1.24 bits per heavy atom. The lowest BCUT2D eigenvalue weighted by atomic mass is 9.91. The van der Waals surface area contributed by atoms with Gasteiger partial charge in [-0.1, -0.05) is 92.4 Å². The van der Waals surface area contributed by atoms with E-state index in [1.165, 1.54) is 57.8 Å². The van der Waals surface area contributed by atoms with Gasteiger partial charge in [0.15, 0.2) is 5.79 Å². The lowest BCUT2D eigenvalue weighted by Gasteiger charge is -2.18. The Bertz CT molecular complexity index is 393. The van der Waals surface area contributed by atoms with Crippen LogP contribution in [0.3, 0.4) is 0 Å². The molecule has 0 amide bonds. The fourth-order valence-electron chi connectivity index (χ4n) is 4.28. The van der Waals surface area contributed by atoms with Crippen LogP contribution in [0.15, 0.2) is 0 Å². The third kappa shape index (κ3) is 14.5. The van der Waals surface area contributed by atoms with Crippen LogP contribution in [0.25, 0.3) is 0 Å². The van der Waals surface area contributed by atoms with Gasteiger partial charge in [0.05, 0.1) is 13.2 Å². The molecule has 0 unspecified atom stereocenters. The SMILES string of the molecule is CC(C)CCC[C@H](C)CCC[C@H](C)CCC[C@H](C)CCOC[C@@H]1COC(C)(C)O1. The normalized spacial score (nSPS) is 22.1. The molecule has 0 N–H and O–H groups in total. The highest BCUT2D eigenvalue weighted by molar-refractivity contribution is 4.70. The molecule has 0 aromatic heterocycles. The quantitative estimate of drug-likeness (QED) is 0.230. The van der Waals surface area contributed by atoms with Crippen LogP contribution in [0.4, 0.5) is 0 Å². The van der Waals surface area contributed by atoms with Crippen molar-refractivity contribution in [2.75, 3.05) is 19.8 Å². The Labute approximate surface area is 182 Å². The second-order valence-electron chi connectivity index (χ2n) is 10.8. The van der Waals surface area contributed by atoms with E-state index in [-0.39, 0.29) is 6.10 Å². The first-order chi connectivity index (χ1) is 13.7. The standard InChI is InChI=1S/C26H52O3/c1-21(2)11-8-12-22(3)13-9-14-23(4)15-10-16-24(5)17-18-27-19-25-20-28-26(6,7)29-25/h21-25H,8-20H2,1-7H3/t22-,23-,24-,25+/m0/s1. The van der Waals surface area contributed by atoms with Crippen LogP contribution < -0.4 is 0 Å². The van der Waals surface area contributed by atoms with Gasteiger partial charge in [-0.3, -0.25) is 0 Å². The van der Waals surface area contributed by atoms with Gasteiger partial charge in [0.2, 0.25) is 0 Å². The summed E-state index contributed by atoms with van der Waals surface area (Å²) in [5.74, 6) is 2.96. The zero-order valence-corrected chi connectivity index (χ0v) is 20.8. The summed E-state index contributed by atoms with van der Waals surface area (Å²) in [6.45, 7) is 18.0. The van der Waals surface area contributed by atoms with Crippen LogP contribution >= 0.6 is 0 Å². The van der Waals surface area contributed by atoms with E-state index >= 15 is 0 Å². The maximum atomic E-state index is 5.82. The Morgan fingerprint density at radius 1 is 0.759 bits per heavy atom. The van der Waals surface area contributed by atoms with Gasteiger partial charge in [0.25, 0.3) is 0 Å². The van der Waals surface area contributed by atoms with Crippen molar-refractivity contribution in [2.45, 2.75) is 125 Å². The number of hydrogen-bond acceptors (Lipinski definition) is 3. The Kier molecular flexibility index (Phi) is 13.7. The van der Waals surface area contributed by atoms with Crippen molar-refractivity contribution in [3.8, 4) is 0 Å². The molecule has 0 aliphatic carbocycles. The zero-order valence-electron chi connectivity index (χ0n) is 20.8. The number of ether oxygens (including phenoxy) is 3. The number of rotatable bonds is 17. The topological polar surface area (TPSA) is 27.7 Å². The van der Waals surface area contributed by atoms with Crippen molar-refractivity contribution in [1.29, 1.82) is 0 Å². The Morgan fingerprint density at radius 3 is 1.69 bits per heavy atom. The molecule has 1 fully saturated rings. The largest absolute Gasteiger partial charge is 0.379 e. The van der Waals surface area contributed by atoms with Crippen molar-refractivity contribution in [3.63, 3.8) is 0 Å². The third-order valence-electron chi connectivity index (χ3n) is 6.39. The van der Waals surface area contributed by atoms with Crippen LogP contribution in [0.5, 0.6) is 0 Å². The van der Waals surface area contributed by atoms with E-state index in [0.29, 0.717) is 13.2 Å². The van der Waals surface area contributed by atoms with Crippen LogP contribution in [-0.2, 0) is 14.2 Å². The monoisotopic (exact) mass is 412 g/mol. The van der Waals surface area contributed by atoms with Gasteiger partial charge in [0, 0.05) is 6.61 Å². The molecule has 174 valence electrons. The summed E-state index contributed by atoms with van der Waals surface area (Å²) >= 11 is 0. The van der Waals surface area contributed by atoms with Crippen molar-refractivity contribution in [2.24, 2.45) is 23.7 Å². The van der Waals surface area contributed by atoms with Crippen molar-refractivity contribution in [3.05, 3.63) is 0 Å². The molecule has 0 aromatic carbocycles. The fourth-order valence-corrected chi connectivity index (χ4v) is 4.28. The van der Waals surface area contributed by atoms with Crippen LogP contribution in [-0.4, -0.2) is 31.7 Å². The van der Waals surface area contributed by atoms with E-state index < -0.39 is 5.79 Å². The first-order valence-electron chi connectivity index (χ1n) is 12.6. The second-order valence-corrected chi connectivity index (χ2v) is 10.8. The first-order valence-corrected chi connectivity index (χ1v) is 12.6. The van der Waals surface area contributed by atoms with Gasteiger partial charge in [-0.05, 0) is 43.9 Å². The van der Waals surface area contributed by atoms with E-state index in [9.17, 15) is 0 Å². The molecule has 0 spiro atoms. The lowest BCUT2D eigenvalue weighted by Crippen LogP contribution is -2.24. The molecule has 3 nitrogen and oxygen atoms in total. The van der Waals surface area contributed by atoms with Crippen LogP contribution in [0.2, 0.25) is 0 Å². The van der Waals surface area contributed by atoms with Gasteiger partial charge in [-0.2, -0.15) is 0 Å². The summed E-state index contributed by atoms with van der Waals surface area (Å²) in [5, 5.41) is 0. The Balaban J connectivity index is 1.93. The molecular weight excluding hydrogens is 360 g/mol. The van der Waals surface area contributed by atoms with E-state index in [4.69, 9.17) is 14.2 Å². The maximum Gasteiger partial charge on any atom is 0.163 e. The molecule has 0 aromatic rings. The predicted molar refractivity (Wildman–Crippen MR) is 124 cm³/mol. The van der Waals surface area contributed by atoms with E-state index in [1.54, 1.807) is 0 Å². The molecule has 1 rings (SSSR count). The molecule has 1 aliphatic rings. The average Bonchev–Trinajstić information content (AvgIpc) is 2.97. The van der Waals surface area contributed by atoms with Gasteiger partial charge >= 0.3 is 0 Å². The van der Waals surface area contributed by atoms with Gasteiger partial charge in [-0.15, -0.1) is 0 Å². The molecule has 0 bridgehead atoms. The minimum Gasteiger partial charge on any atom is -0.379 e. The van der Waals surface area contributed by atoms with E-state index in [2.05, 4.69) is 34.6 Å². The predicted octanol–water partition coefficient (Wildman–Crippen LogP) is 7.62. The summed E-state index contributed by atoms with van der Waals surface area (Å²) in [6.07, 6.45) is 13.8. The molecule has 1 heterocycles. The molecular formula is C26H52O3. The fraction of sp³-hybridized carbons (Fsp3) is 1.00. The average molecular weight is 413 g/mol. The van der Waals surface area contributed by atoms with Gasteiger partial charge in [-0.25, -0.2) is 0 Å². The minimum atomic E-state index is -0.441. The molecule has 1 saturated heterocycles. The van der Waals surface area contributed by atoms with Crippen molar-refractivity contribution >= 4 is 0 Å². The highest BCUT2D eigenvalue weighted by atomic mass is 16.7. The zero-order chi connectivity index (χ0) is 21.7. The molecule has 0 saturated carbocycles. The molecule has 0 radical (unpaired) electrons. The smallest absolute Gasteiger partial charge is 0.163 e. The van der Waals surface area contributed by atoms with Crippen molar-refractivity contribution < 1.29 is 14.2 Å². The highest BCUT2D eigenvalue weighted by Gasteiger charge is 2.32. The lowest BCUT2D eigenvalue weighted by molar-refractivity contribution is -0.145. The van der Waals surface area contributed by atoms with Crippen LogP contribution in [0.1, 0.15) is 113 Å². The molecule has 3 heteroatoms. The Hall–Kier alpha value is -0.120. The second kappa shape index (κ2) is 14.8. The maximum absolute atomic E-state index is 5.82. The van der Waals surface area contributed by atoms with Crippen molar-refractivity contribution in [1.82, 2.24) is 0 Å². The van der Waals surface area contributed by atoms with E-state index in [0.717, 1.165) is 36.7 Å². The summed E-state index contributed by atoms with van der Waals surface area (Å²) in [4.78, 5) is 0. The minimum absolute atomic E-state index is 0.0964. The molecule has 29 heavy (non-hydrogen) atoms. The molecule has 4 atom stereocenters. The summed E-state index contributed by atoms with van der Waals surface area (Å²) in [6, 6.07) is 0.